The van der Waals surface area contributed by atoms with Crippen molar-refractivity contribution in [1.82, 2.24) is 0 Å². The molecule has 0 spiro atoms. The molecule has 1 aliphatic carbocycles. The van der Waals surface area contributed by atoms with E-state index in [0.717, 1.165) is 6.42 Å². The van der Waals surface area contributed by atoms with Gasteiger partial charge in [-0.2, -0.15) is 21.6 Å². The summed E-state index contributed by atoms with van der Waals surface area (Å²) in [6.07, 6.45) is 0.348. The van der Waals surface area contributed by atoms with Gasteiger partial charge in [0.2, 0.25) is 0 Å². The van der Waals surface area contributed by atoms with Crippen molar-refractivity contribution in [3.8, 4) is 5.75 Å². The Labute approximate surface area is 149 Å². The predicted molar refractivity (Wildman–Crippen MR) is 84.6 cm³/mol. The second-order valence-electron chi connectivity index (χ2n) is 5.97. The number of carbonyl (C=O) groups excluding carboxylic acids is 1. The minimum absolute atomic E-state index is 0.0584. The van der Waals surface area contributed by atoms with Crippen LogP contribution in [0, 0.1) is 5.92 Å². The highest BCUT2D eigenvalue weighted by molar-refractivity contribution is 7.87. The fourth-order valence-electron chi connectivity index (χ4n) is 2.38. The molecule has 0 aromatic heterocycles. The van der Waals surface area contributed by atoms with E-state index in [1.165, 1.54) is 7.11 Å². The van der Waals surface area contributed by atoms with Gasteiger partial charge >= 0.3 is 21.6 Å². The first-order valence-electron chi connectivity index (χ1n) is 7.91. The van der Waals surface area contributed by atoms with E-state index in [9.17, 15) is 26.4 Å². The van der Waals surface area contributed by atoms with Crippen LogP contribution < -0.4 is 4.74 Å². The number of halogens is 3. The van der Waals surface area contributed by atoms with Gasteiger partial charge in [-0.15, -0.1) is 0 Å². The molecule has 1 saturated carbocycles. The first-order valence-corrected chi connectivity index (χ1v) is 9.32. The molecular formula is C16H19F3O6S. The smallest absolute Gasteiger partial charge is 0.497 e. The van der Waals surface area contributed by atoms with Gasteiger partial charge in [0.25, 0.3) is 0 Å². The molecule has 146 valence electrons. The molecule has 1 fully saturated rings. The molecule has 1 aliphatic rings. The number of methoxy groups -OCH3 is 1. The summed E-state index contributed by atoms with van der Waals surface area (Å²) in [5.74, 6) is -0.611. The third-order valence-corrected chi connectivity index (χ3v) is 5.15. The van der Waals surface area contributed by atoms with Gasteiger partial charge in [-0.05, 0) is 30.0 Å². The Morgan fingerprint density at radius 2 is 1.85 bits per heavy atom. The van der Waals surface area contributed by atoms with E-state index in [4.69, 9.17) is 9.47 Å². The second kappa shape index (κ2) is 8.26. The van der Waals surface area contributed by atoms with E-state index in [0.29, 0.717) is 24.2 Å². The molecule has 1 atom stereocenters. The van der Waals surface area contributed by atoms with Gasteiger partial charge in [0.1, 0.15) is 12.4 Å². The Morgan fingerprint density at radius 1 is 1.23 bits per heavy atom. The molecule has 0 radical (unpaired) electrons. The van der Waals surface area contributed by atoms with Crippen LogP contribution in [0.4, 0.5) is 13.2 Å². The molecule has 0 amide bonds. The first kappa shape index (κ1) is 20.5. The molecular weight excluding hydrogens is 377 g/mol. The molecule has 1 aromatic carbocycles. The number of carbonyl (C=O) groups is 1. The van der Waals surface area contributed by atoms with Crippen molar-refractivity contribution in [2.24, 2.45) is 5.92 Å². The number of ether oxygens (including phenoxy) is 2. The van der Waals surface area contributed by atoms with Gasteiger partial charge < -0.3 is 9.47 Å². The Hall–Kier alpha value is -1.81. The van der Waals surface area contributed by atoms with Crippen molar-refractivity contribution in [3.63, 3.8) is 0 Å². The molecule has 26 heavy (non-hydrogen) atoms. The maximum Gasteiger partial charge on any atom is 0.523 e. The van der Waals surface area contributed by atoms with Crippen LogP contribution in [-0.2, 0) is 30.4 Å². The second-order valence-corrected chi connectivity index (χ2v) is 7.54. The molecule has 0 bridgehead atoms. The van der Waals surface area contributed by atoms with Crippen LogP contribution in [0.5, 0.6) is 5.75 Å². The molecule has 0 saturated heterocycles. The molecule has 0 N–H and O–H groups in total. The van der Waals surface area contributed by atoms with E-state index in [2.05, 4.69) is 4.18 Å². The highest BCUT2D eigenvalue weighted by Crippen LogP contribution is 2.34. The van der Waals surface area contributed by atoms with Crippen molar-refractivity contribution < 1.29 is 40.0 Å². The van der Waals surface area contributed by atoms with Gasteiger partial charge in [0.05, 0.1) is 7.11 Å². The summed E-state index contributed by atoms with van der Waals surface area (Å²) in [4.78, 5) is 12.1. The van der Waals surface area contributed by atoms with Crippen molar-refractivity contribution in [2.45, 2.75) is 43.9 Å². The average molecular weight is 396 g/mol. The van der Waals surface area contributed by atoms with E-state index in [-0.39, 0.29) is 18.9 Å². The van der Waals surface area contributed by atoms with Crippen molar-refractivity contribution in [2.75, 3.05) is 7.11 Å². The van der Waals surface area contributed by atoms with Crippen molar-refractivity contribution in [3.05, 3.63) is 29.8 Å². The van der Waals surface area contributed by atoms with Crippen LogP contribution in [0.1, 0.15) is 31.2 Å². The van der Waals surface area contributed by atoms with Crippen LogP contribution in [0.25, 0.3) is 0 Å². The lowest BCUT2D eigenvalue weighted by Gasteiger charge is -2.28. The van der Waals surface area contributed by atoms with Crippen LogP contribution in [0.15, 0.2) is 24.3 Å². The summed E-state index contributed by atoms with van der Waals surface area (Å²) < 4.78 is 74.2. The summed E-state index contributed by atoms with van der Waals surface area (Å²) in [6, 6.07) is 6.47. The minimum Gasteiger partial charge on any atom is -0.497 e. The van der Waals surface area contributed by atoms with Crippen LogP contribution in [0.3, 0.4) is 0 Å². The molecule has 6 nitrogen and oxygen atoms in total. The standard InChI is InChI=1S/C16H19F3O6S/c1-23-13-7-5-12(6-8-13)10-24-15(20)14(9-11-3-2-4-11)25-26(21,22)16(17,18)19/h5-8,11,14H,2-4,9-10H2,1H3/t14-/m0/s1. The van der Waals surface area contributed by atoms with Crippen LogP contribution in [-0.4, -0.2) is 33.1 Å². The largest absolute Gasteiger partial charge is 0.523 e. The highest BCUT2D eigenvalue weighted by Gasteiger charge is 2.50. The zero-order valence-electron chi connectivity index (χ0n) is 14.0. The predicted octanol–water partition coefficient (Wildman–Crippen LogP) is 3.16. The average Bonchev–Trinajstić information content (AvgIpc) is 2.54. The molecule has 0 unspecified atom stereocenters. The number of hydrogen-bond donors (Lipinski definition) is 0. The summed E-state index contributed by atoms with van der Waals surface area (Å²) in [7, 11) is -4.40. The minimum atomic E-state index is -5.88. The highest BCUT2D eigenvalue weighted by atomic mass is 32.2. The van der Waals surface area contributed by atoms with Gasteiger partial charge in [-0.1, -0.05) is 31.4 Å². The maximum atomic E-state index is 12.5. The van der Waals surface area contributed by atoms with E-state index >= 15 is 0 Å². The van der Waals surface area contributed by atoms with Crippen molar-refractivity contribution >= 4 is 16.1 Å². The fraction of sp³-hybridized carbons (Fsp3) is 0.562. The fourth-order valence-corrected chi connectivity index (χ4v) is 2.95. The van der Waals surface area contributed by atoms with E-state index < -0.39 is 27.7 Å². The summed E-state index contributed by atoms with van der Waals surface area (Å²) in [6.45, 7) is -0.223. The molecule has 1 aromatic rings. The zero-order valence-corrected chi connectivity index (χ0v) is 14.8. The number of hydrogen-bond acceptors (Lipinski definition) is 6. The van der Waals surface area contributed by atoms with Gasteiger partial charge in [-0.25, -0.2) is 8.98 Å². The number of rotatable bonds is 8. The maximum absolute atomic E-state index is 12.5. The molecule has 2 rings (SSSR count). The lowest BCUT2D eigenvalue weighted by Crippen LogP contribution is -2.37. The third kappa shape index (κ3) is 5.34. The molecule has 0 heterocycles. The molecule has 0 aliphatic heterocycles. The first-order chi connectivity index (χ1) is 12.1. The number of esters is 1. The van der Waals surface area contributed by atoms with Crippen LogP contribution >= 0.6 is 0 Å². The number of benzene rings is 1. The SMILES string of the molecule is COc1ccc(COC(=O)[C@H](CC2CCC2)OS(=O)(=O)C(F)(F)F)cc1. The Kier molecular flexibility index (Phi) is 6.51. The van der Waals surface area contributed by atoms with Crippen LogP contribution in [0.2, 0.25) is 0 Å². The lowest BCUT2D eigenvalue weighted by atomic mass is 9.81. The summed E-state index contributed by atoms with van der Waals surface area (Å²) in [5, 5.41) is 0. The van der Waals surface area contributed by atoms with E-state index in [1.807, 2.05) is 0 Å². The Bertz CT molecular complexity index is 710. The summed E-state index contributed by atoms with van der Waals surface area (Å²) >= 11 is 0. The Morgan fingerprint density at radius 3 is 2.31 bits per heavy atom. The van der Waals surface area contributed by atoms with E-state index in [1.54, 1.807) is 24.3 Å². The monoisotopic (exact) mass is 396 g/mol. The van der Waals surface area contributed by atoms with Crippen molar-refractivity contribution in [1.29, 1.82) is 0 Å². The Balaban J connectivity index is 2.02. The summed E-state index contributed by atoms with van der Waals surface area (Å²) in [5.41, 5.74) is -5.03. The third-order valence-electron chi connectivity index (χ3n) is 4.10. The molecule has 10 heteroatoms. The van der Waals surface area contributed by atoms with Gasteiger partial charge in [0, 0.05) is 0 Å². The lowest BCUT2D eigenvalue weighted by molar-refractivity contribution is -0.155. The zero-order chi connectivity index (χ0) is 19.4. The topological polar surface area (TPSA) is 78.9 Å². The quantitative estimate of drug-likeness (QED) is 0.382. The normalized spacial score (nSPS) is 16.6. The van der Waals surface area contributed by atoms with Gasteiger partial charge in [-0.3, -0.25) is 0 Å². The van der Waals surface area contributed by atoms with Gasteiger partial charge in [0.15, 0.2) is 6.10 Å². The number of alkyl halides is 3.